The number of aromatic amines is 1. The number of phenolic OH excluding ortho intramolecular Hbond substituents is 2. The van der Waals surface area contributed by atoms with Crippen molar-refractivity contribution >= 4 is 16.6 Å². The highest BCUT2D eigenvalue weighted by atomic mass is 16.3. The van der Waals surface area contributed by atoms with Crippen LogP contribution in [0.5, 0.6) is 11.5 Å². The number of aryl methyl sites for hydroxylation is 1. The van der Waals surface area contributed by atoms with E-state index in [1.807, 2.05) is 31.2 Å². The number of hydrogen-bond donors (Lipinski definition) is 4. The van der Waals surface area contributed by atoms with Crippen LogP contribution >= 0.6 is 0 Å². The van der Waals surface area contributed by atoms with Crippen molar-refractivity contribution in [2.24, 2.45) is 0 Å². The van der Waals surface area contributed by atoms with Gasteiger partial charge in [0, 0.05) is 23.7 Å². The van der Waals surface area contributed by atoms with Gasteiger partial charge in [-0.3, -0.25) is 4.79 Å². The van der Waals surface area contributed by atoms with Crippen LogP contribution in [0.1, 0.15) is 11.1 Å². The molecule has 0 aliphatic heterocycles. The van der Waals surface area contributed by atoms with E-state index in [-0.39, 0.29) is 23.6 Å². The summed E-state index contributed by atoms with van der Waals surface area (Å²) in [5.41, 5.74) is 2.79. The van der Waals surface area contributed by atoms with Gasteiger partial charge < -0.3 is 20.5 Å². The molecule has 5 heteroatoms. The Labute approximate surface area is 126 Å². The number of pyridine rings is 1. The highest BCUT2D eigenvalue weighted by molar-refractivity contribution is 5.79. The minimum atomic E-state index is -0.165. The summed E-state index contributed by atoms with van der Waals surface area (Å²) in [6, 6.07) is 12.0. The van der Waals surface area contributed by atoms with Gasteiger partial charge in [-0.2, -0.15) is 0 Å². The Hall–Kier alpha value is -2.95. The normalized spacial score (nSPS) is 10.8. The van der Waals surface area contributed by atoms with Crippen LogP contribution in [-0.4, -0.2) is 15.2 Å². The molecule has 4 N–H and O–H groups in total. The fourth-order valence-electron chi connectivity index (χ4n) is 2.36. The van der Waals surface area contributed by atoms with Crippen LogP contribution in [0.25, 0.3) is 10.9 Å². The second-order valence-electron chi connectivity index (χ2n) is 5.27. The van der Waals surface area contributed by atoms with E-state index in [1.165, 1.54) is 12.1 Å². The minimum Gasteiger partial charge on any atom is -0.508 e. The molecule has 0 spiro atoms. The van der Waals surface area contributed by atoms with Crippen LogP contribution < -0.4 is 10.9 Å². The molecule has 0 saturated heterocycles. The lowest BCUT2D eigenvalue weighted by Gasteiger charge is -2.09. The first-order valence-corrected chi connectivity index (χ1v) is 6.91. The molecule has 22 heavy (non-hydrogen) atoms. The third kappa shape index (κ3) is 2.74. The smallest absolute Gasteiger partial charge is 0.253 e. The number of aromatic hydroxyl groups is 2. The van der Waals surface area contributed by atoms with E-state index in [4.69, 9.17) is 0 Å². The molecule has 0 unspecified atom stereocenters. The maximum Gasteiger partial charge on any atom is 0.253 e. The minimum absolute atomic E-state index is 0.0120. The van der Waals surface area contributed by atoms with Crippen LogP contribution in [0.2, 0.25) is 0 Å². The number of anilines is 1. The number of rotatable bonds is 3. The Kier molecular flexibility index (Phi) is 3.47. The predicted octanol–water partition coefficient (Wildman–Crippen LogP) is 2.86. The Balaban J connectivity index is 1.90. The fourth-order valence-corrected chi connectivity index (χ4v) is 2.36. The van der Waals surface area contributed by atoms with E-state index in [9.17, 15) is 15.0 Å². The molecule has 0 atom stereocenters. The Bertz CT molecular complexity index is 900. The Morgan fingerprint density at radius 1 is 1.09 bits per heavy atom. The summed E-state index contributed by atoms with van der Waals surface area (Å²) in [6.45, 7) is 2.27. The number of hydrogen-bond acceptors (Lipinski definition) is 4. The van der Waals surface area contributed by atoms with E-state index in [2.05, 4.69) is 10.3 Å². The average Bonchev–Trinajstić information content (AvgIpc) is 2.47. The number of benzene rings is 2. The number of phenols is 2. The number of H-pyrrole nitrogens is 1. The maximum atomic E-state index is 12.1. The third-order valence-electron chi connectivity index (χ3n) is 3.53. The number of aromatic nitrogens is 1. The molecule has 0 bridgehead atoms. The summed E-state index contributed by atoms with van der Waals surface area (Å²) in [5.74, 6) is -0.0739. The molecule has 3 aromatic rings. The third-order valence-corrected chi connectivity index (χ3v) is 3.53. The van der Waals surface area contributed by atoms with Gasteiger partial charge in [-0.15, -0.1) is 0 Å². The monoisotopic (exact) mass is 296 g/mol. The van der Waals surface area contributed by atoms with Crippen molar-refractivity contribution in [2.45, 2.75) is 13.5 Å². The van der Waals surface area contributed by atoms with Gasteiger partial charge in [-0.1, -0.05) is 11.6 Å². The molecule has 1 heterocycles. The van der Waals surface area contributed by atoms with Gasteiger partial charge in [-0.25, -0.2) is 0 Å². The first-order valence-electron chi connectivity index (χ1n) is 6.91. The zero-order valence-electron chi connectivity index (χ0n) is 12.1. The topological polar surface area (TPSA) is 85.4 Å². The van der Waals surface area contributed by atoms with Gasteiger partial charge in [0.1, 0.15) is 11.5 Å². The molecule has 0 amide bonds. The van der Waals surface area contributed by atoms with E-state index in [0.717, 1.165) is 16.5 Å². The first-order chi connectivity index (χ1) is 10.5. The zero-order valence-corrected chi connectivity index (χ0v) is 12.1. The Morgan fingerprint density at radius 3 is 2.68 bits per heavy atom. The molecule has 0 aliphatic rings. The molecule has 0 aliphatic carbocycles. The van der Waals surface area contributed by atoms with Gasteiger partial charge in [0.2, 0.25) is 0 Å². The molecule has 5 nitrogen and oxygen atoms in total. The fraction of sp³-hybridized carbons (Fsp3) is 0.118. The van der Waals surface area contributed by atoms with Crippen LogP contribution in [0.3, 0.4) is 0 Å². The zero-order chi connectivity index (χ0) is 15.7. The largest absolute Gasteiger partial charge is 0.508 e. The van der Waals surface area contributed by atoms with Crippen molar-refractivity contribution in [1.29, 1.82) is 0 Å². The van der Waals surface area contributed by atoms with Gasteiger partial charge in [0.05, 0.1) is 5.69 Å². The number of fused-ring (bicyclic) bond motifs is 1. The predicted molar refractivity (Wildman–Crippen MR) is 86.4 cm³/mol. The molecule has 3 rings (SSSR count). The van der Waals surface area contributed by atoms with Crippen molar-refractivity contribution in [2.75, 3.05) is 5.32 Å². The van der Waals surface area contributed by atoms with E-state index in [0.29, 0.717) is 11.3 Å². The Morgan fingerprint density at radius 2 is 1.91 bits per heavy atom. The lowest BCUT2D eigenvalue weighted by atomic mass is 10.1. The molecule has 112 valence electrons. The summed E-state index contributed by atoms with van der Waals surface area (Å²) < 4.78 is 0. The molecular weight excluding hydrogens is 280 g/mol. The molecule has 1 aromatic heterocycles. The van der Waals surface area contributed by atoms with E-state index in [1.54, 1.807) is 6.07 Å². The van der Waals surface area contributed by atoms with Crippen LogP contribution in [0.4, 0.5) is 5.69 Å². The van der Waals surface area contributed by atoms with Crippen molar-refractivity contribution in [1.82, 2.24) is 4.98 Å². The van der Waals surface area contributed by atoms with Gasteiger partial charge in [-0.05, 0) is 42.6 Å². The molecule has 2 aromatic carbocycles. The average molecular weight is 296 g/mol. The summed E-state index contributed by atoms with van der Waals surface area (Å²) in [7, 11) is 0. The summed E-state index contributed by atoms with van der Waals surface area (Å²) in [4.78, 5) is 14.9. The van der Waals surface area contributed by atoms with Gasteiger partial charge in [0.25, 0.3) is 5.56 Å². The standard InChI is InChI=1S/C17H16N2O3/c1-10-2-4-14-11(6-10)7-12(17(22)19-14)9-18-15-5-3-13(20)8-16(15)21/h2-8,18,20-21H,9H2,1H3,(H,19,22). The summed E-state index contributed by atoms with van der Waals surface area (Å²) >= 11 is 0. The highest BCUT2D eigenvalue weighted by Crippen LogP contribution is 2.27. The SMILES string of the molecule is Cc1ccc2[nH]c(=O)c(CNc3ccc(O)cc3O)cc2c1. The van der Waals surface area contributed by atoms with Crippen molar-refractivity contribution in [3.05, 3.63) is 63.9 Å². The van der Waals surface area contributed by atoms with E-state index < -0.39 is 0 Å². The lowest BCUT2D eigenvalue weighted by molar-refractivity contribution is 0.452. The lowest BCUT2D eigenvalue weighted by Crippen LogP contribution is -2.15. The van der Waals surface area contributed by atoms with Gasteiger partial charge >= 0.3 is 0 Å². The van der Waals surface area contributed by atoms with Crippen molar-refractivity contribution in [3.8, 4) is 11.5 Å². The maximum absolute atomic E-state index is 12.1. The molecule has 0 fully saturated rings. The number of nitrogens with one attached hydrogen (secondary N) is 2. The highest BCUT2D eigenvalue weighted by Gasteiger charge is 2.06. The van der Waals surface area contributed by atoms with Crippen LogP contribution in [0.15, 0.2) is 47.3 Å². The van der Waals surface area contributed by atoms with E-state index >= 15 is 0 Å². The van der Waals surface area contributed by atoms with Crippen molar-refractivity contribution < 1.29 is 10.2 Å². The quantitative estimate of drug-likeness (QED) is 0.442. The molecule has 0 saturated carbocycles. The van der Waals surface area contributed by atoms with Crippen LogP contribution in [-0.2, 0) is 6.54 Å². The van der Waals surface area contributed by atoms with Gasteiger partial charge in [0.15, 0.2) is 0 Å². The summed E-state index contributed by atoms with van der Waals surface area (Å²) in [6.07, 6.45) is 0. The van der Waals surface area contributed by atoms with Crippen molar-refractivity contribution in [3.63, 3.8) is 0 Å². The van der Waals surface area contributed by atoms with Crippen LogP contribution in [0, 0.1) is 6.92 Å². The molecular formula is C17H16N2O3. The second kappa shape index (κ2) is 5.44. The summed E-state index contributed by atoms with van der Waals surface area (Å²) in [5, 5.41) is 23.0. The second-order valence-corrected chi connectivity index (χ2v) is 5.27. The first kappa shape index (κ1) is 14.0. The molecule has 0 radical (unpaired) electrons.